The number of methoxy groups -OCH3 is 1. The number of anilines is 2. The van der Waals surface area contributed by atoms with Gasteiger partial charge in [0, 0.05) is 5.69 Å². The van der Waals surface area contributed by atoms with E-state index < -0.39 is 11.9 Å². The second kappa shape index (κ2) is 5.70. The number of esters is 1. The highest BCUT2D eigenvalue weighted by molar-refractivity contribution is 7.08. The molecule has 1 heterocycles. The highest BCUT2D eigenvalue weighted by Gasteiger charge is 2.22. The number of hydrogen-bond donors (Lipinski definition) is 2. The molecule has 0 unspecified atom stereocenters. The van der Waals surface area contributed by atoms with Gasteiger partial charge in [-0.1, -0.05) is 17.7 Å². The Morgan fingerprint density at radius 3 is 2.55 bits per heavy atom. The number of aryl methyl sites for hydroxylation is 1. The molecule has 1 aromatic carbocycles. The lowest BCUT2D eigenvalue weighted by Gasteiger charge is -2.04. The first-order valence-electron chi connectivity index (χ1n) is 5.74. The molecule has 0 aliphatic heterocycles. The van der Waals surface area contributed by atoms with E-state index in [4.69, 9.17) is 5.73 Å². The van der Waals surface area contributed by atoms with Gasteiger partial charge in [-0.15, -0.1) is 0 Å². The molecule has 0 aliphatic carbocycles. The third-order valence-electron chi connectivity index (χ3n) is 2.62. The van der Waals surface area contributed by atoms with Crippen molar-refractivity contribution in [2.45, 2.75) is 6.92 Å². The van der Waals surface area contributed by atoms with Gasteiger partial charge in [-0.3, -0.25) is 4.79 Å². The van der Waals surface area contributed by atoms with E-state index in [1.54, 1.807) is 12.1 Å². The summed E-state index contributed by atoms with van der Waals surface area (Å²) in [5.41, 5.74) is 7.52. The van der Waals surface area contributed by atoms with Crippen molar-refractivity contribution in [2.75, 3.05) is 18.2 Å². The fourth-order valence-corrected chi connectivity index (χ4v) is 2.24. The Labute approximate surface area is 119 Å². The minimum Gasteiger partial charge on any atom is -0.465 e. The minimum atomic E-state index is -0.602. The number of amides is 1. The Balaban J connectivity index is 2.19. The van der Waals surface area contributed by atoms with Crippen LogP contribution in [0.15, 0.2) is 24.3 Å². The molecule has 2 rings (SSSR count). The Morgan fingerprint density at radius 1 is 1.30 bits per heavy atom. The van der Waals surface area contributed by atoms with Crippen LogP contribution < -0.4 is 11.1 Å². The minimum absolute atomic E-state index is 0.0241. The summed E-state index contributed by atoms with van der Waals surface area (Å²) in [6, 6.07) is 7.30. The summed E-state index contributed by atoms with van der Waals surface area (Å²) in [5.74, 6) is -1.06. The van der Waals surface area contributed by atoms with Gasteiger partial charge in [-0.25, -0.2) is 4.79 Å². The van der Waals surface area contributed by atoms with E-state index in [0.717, 1.165) is 17.1 Å². The standard InChI is InChI=1S/C13H13N3O3S/c1-7-3-5-8(6-4-7)15-12(17)10-9(14)11(20-16-10)13(18)19-2/h3-6H,14H2,1-2H3,(H,15,17). The number of carbonyl (C=O) groups is 2. The SMILES string of the molecule is COC(=O)c1snc(C(=O)Nc2ccc(C)cc2)c1N. The number of nitrogens with one attached hydrogen (secondary N) is 1. The third-order valence-corrected chi connectivity index (χ3v) is 3.47. The fraction of sp³-hybridized carbons (Fsp3) is 0.154. The first-order chi connectivity index (χ1) is 9.52. The summed E-state index contributed by atoms with van der Waals surface area (Å²) < 4.78 is 8.46. The monoisotopic (exact) mass is 291 g/mol. The molecule has 7 heteroatoms. The fourth-order valence-electron chi connectivity index (χ4n) is 1.53. The molecule has 0 bridgehead atoms. The summed E-state index contributed by atoms with van der Waals surface area (Å²) in [7, 11) is 1.24. The number of nitrogens with two attached hydrogens (primary N) is 1. The van der Waals surface area contributed by atoms with E-state index in [9.17, 15) is 9.59 Å². The van der Waals surface area contributed by atoms with Gasteiger partial charge in [-0.05, 0) is 30.6 Å². The summed E-state index contributed by atoms with van der Waals surface area (Å²) in [4.78, 5) is 23.6. The zero-order valence-corrected chi connectivity index (χ0v) is 11.8. The van der Waals surface area contributed by atoms with Gasteiger partial charge >= 0.3 is 5.97 Å². The first kappa shape index (κ1) is 14.0. The summed E-state index contributed by atoms with van der Waals surface area (Å²) in [6.07, 6.45) is 0. The van der Waals surface area contributed by atoms with Crippen LogP contribution in [0, 0.1) is 6.92 Å². The van der Waals surface area contributed by atoms with Crippen LogP contribution in [-0.4, -0.2) is 23.4 Å². The predicted molar refractivity (Wildman–Crippen MR) is 77.0 cm³/mol. The topological polar surface area (TPSA) is 94.3 Å². The van der Waals surface area contributed by atoms with Gasteiger partial charge in [0.1, 0.15) is 0 Å². The smallest absolute Gasteiger partial charge is 0.351 e. The second-order valence-corrected chi connectivity index (χ2v) is 4.86. The number of nitrogen functional groups attached to an aromatic ring is 1. The number of rotatable bonds is 3. The van der Waals surface area contributed by atoms with Gasteiger partial charge in [-0.2, -0.15) is 4.37 Å². The summed E-state index contributed by atoms with van der Waals surface area (Å²) >= 11 is 0.840. The molecule has 104 valence electrons. The maximum atomic E-state index is 12.0. The summed E-state index contributed by atoms with van der Waals surface area (Å²) in [6.45, 7) is 1.95. The molecule has 1 aromatic heterocycles. The van der Waals surface area contributed by atoms with Gasteiger partial charge in [0.2, 0.25) is 0 Å². The van der Waals surface area contributed by atoms with Crippen molar-refractivity contribution >= 4 is 34.8 Å². The molecule has 0 fully saturated rings. The zero-order valence-electron chi connectivity index (χ0n) is 11.0. The maximum Gasteiger partial charge on any atom is 0.351 e. The Hall–Kier alpha value is -2.41. The molecule has 0 radical (unpaired) electrons. The van der Waals surface area contributed by atoms with Crippen molar-refractivity contribution < 1.29 is 14.3 Å². The van der Waals surface area contributed by atoms with Crippen LogP contribution >= 0.6 is 11.5 Å². The van der Waals surface area contributed by atoms with Crippen molar-refractivity contribution in [3.05, 3.63) is 40.4 Å². The van der Waals surface area contributed by atoms with Gasteiger partial charge in [0.05, 0.1) is 12.8 Å². The van der Waals surface area contributed by atoms with Crippen LogP contribution in [0.3, 0.4) is 0 Å². The lowest BCUT2D eigenvalue weighted by molar-refractivity contribution is 0.0607. The van der Waals surface area contributed by atoms with Gasteiger partial charge < -0.3 is 15.8 Å². The lowest BCUT2D eigenvalue weighted by Crippen LogP contribution is -2.14. The largest absolute Gasteiger partial charge is 0.465 e. The van der Waals surface area contributed by atoms with Crippen LogP contribution in [0.4, 0.5) is 11.4 Å². The van der Waals surface area contributed by atoms with E-state index >= 15 is 0 Å². The molecule has 0 saturated carbocycles. The molecule has 2 aromatic rings. The van der Waals surface area contributed by atoms with Crippen LogP contribution in [-0.2, 0) is 4.74 Å². The molecule has 0 saturated heterocycles. The number of ether oxygens (including phenoxy) is 1. The quantitative estimate of drug-likeness (QED) is 0.844. The number of aromatic nitrogens is 1. The van der Waals surface area contributed by atoms with E-state index in [-0.39, 0.29) is 16.3 Å². The van der Waals surface area contributed by atoms with E-state index in [0.29, 0.717) is 5.69 Å². The molecule has 20 heavy (non-hydrogen) atoms. The maximum absolute atomic E-state index is 12.0. The number of carbonyl (C=O) groups excluding carboxylic acids is 2. The average molecular weight is 291 g/mol. The van der Waals surface area contributed by atoms with Crippen LogP contribution in [0.2, 0.25) is 0 Å². The van der Waals surface area contributed by atoms with Gasteiger partial charge in [0.15, 0.2) is 10.6 Å². The summed E-state index contributed by atoms with van der Waals surface area (Å²) in [5, 5.41) is 2.67. The van der Waals surface area contributed by atoms with Crippen molar-refractivity contribution in [1.82, 2.24) is 4.37 Å². The van der Waals surface area contributed by atoms with Crippen LogP contribution in [0.5, 0.6) is 0 Å². The van der Waals surface area contributed by atoms with E-state index in [1.807, 2.05) is 19.1 Å². The van der Waals surface area contributed by atoms with Crippen LogP contribution in [0.1, 0.15) is 25.7 Å². The molecule has 0 spiro atoms. The number of nitrogens with zero attached hydrogens (tertiary/aromatic N) is 1. The van der Waals surface area contributed by atoms with Crippen molar-refractivity contribution in [1.29, 1.82) is 0 Å². The molecule has 3 N–H and O–H groups in total. The molecule has 0 atom stereocenters. The number of benzene rings is 1. The highest BCUT2D eigenvalue weighted by atomic mass is 32.1. The molecule has 1 amide bonds. The first-order valence-corrected chi connectivity index (χ1v) is 6.51. The molecular formula is C13H13N3O3S. The molecule has 6 nitrogen and oxygen atoms in total. The molecular weight excluding hydrogens is 278 g/mol. The zero-order chi connectivity index (χ0) is 14.7. The third kappa shape index (κ3) is 2.77. The van der Waals surface area contributed by atoms with Gasteiger partial charge in [0.25, 0.3) is 5.91 Å². The van der Waals surface area contributed by atoms with Crippen LogP contribution in [0.25, 0.3) is 0 Å². The number of hydrogen-bond acceptors (Lipinski definition) is 6. The Morgan fingerprint density at radius 2 is 1.95 bits per heavy atom. The lowest BCUT2D eigenvalue weighted by atomic mass is 10.2. The predicted octanol–water partition coefficient (Wildman–Crippen LogP) is 2.07. The molecule has 0 aliphatic rings. The Bertz CT molecular complexity index is 649. The average Bonchev–Trinajstić information content (AvgIpc) is 2.82. The van der Waals surface area contributed by atoms with E-state index in [1.165, 1.54) is 7.11 Å². The Kier molecular flexibility index (Phi) is 3.99. The van der Waals surface area contributed by atoms with Crippen molar-refractivity contribution in [2.24, 2.45) is 0 Å². The van der Waals surface area contributed by atoms with Crippen molar-refractivity contribution in [3.63, 3.8) is 0 Å². The van der Waals surface area contributed by atoms with E-state index in [2.05, 4.69) is 14.4 Å². The second-order valence-electron chi connectivity index (χ2n) is 4.09. The normalized spacial score (nSPS) is 10.1. The van der Waals surface area contributed by atoms with Crippen molar-refractivity contribution in [3.8, 4) is 0 Å². The highest BCUT2D eigenvalue weighted by Crippen LogP contribution is 2.23.